The average molecular weight is 414 g/mol. The maximum absolute atomic E-state index is 13.5. The molecule has 0 bridgehead atoms. The van der Waals surface area contributed by atoms with Gasteiger partial charge in [0.05, 0.1) is 0 Å². The van der Waals surface area contributed by atoms with E-state index in [1.807, 2.05) is 43.3 Å². The Morgan fingerprint density at radius 1 is 0.833 bits per heavy atom. The monoisotopic (exact) mass is 414 g/mol. The highest BCUT2D eigenvalue weighted by Crippen LogP contribution is 2.35. The third-order valence-electron chi connectivity index (χ3n) is 4.73. The molecule has 1 aromatic heterocycles. The van der Waals surface area contributed by atoms with E-state index in [-0.39, 0.29) is 17.2 Å². The fourth-order valence-electron chi connectivity index (χ4n) is 2.89. The lowest BCUT2D eigenvalue weighted by molar-refractivity contribution is -0.137. The first kappa shape index (κ1) is 21.6. The lowest BCUT2D eigenvalue weighted by Crippen LogP contribution is -2.13. The molecule has 0 aliphatic carbocycles. The predicted molar refractivity (Wildman–Crippen MR) is 115 cm³/mol. The summed E-state index contributed by atoms with van der Waals surface area (Å²) >= 11 is 0. The number of nitrogens with one attached hydrogen (secondary N) is 2. The minimum atomic E-state index is -4.57. The molecule has 1 heterocycles. The van der Waals surface area contributed by atoms with Crippen molar-refractivity contribution < 1.29 is 13.2 Å². The maximum atomic E-state index is 13.5. The molecule has 2 N–H and O–H groups in total. The molecule has 2 aromatic carbocycles. The summed E-state index contributed by atoms with van der Waals surface area (Å²) in [5, 5.41) is 5.75. The second-order valence-electron chi connectivity index (χ2n) is 8.08. The van der Waals surface area contributed by atoms with Crippen LogP contribution in [0.2, 0.25) is 0 Å². The second kappa shape index (κ2) is 8.34. The molecule has 0 unspecified atom stereocenters. The van der Waals surface area contributed by atoms with Crippen molar-refractivity contribution in [1.29, 1.82) is 0 Å². The average Bonchev–Trinajstić information content (AvgIpc) is 2.67. The van der Waals surface area contributed by atoms with Crippen molar-refractivity contribution in [2.75, 3.05) is 10.6 Å². The van der Waals surface area contributed by atoms with E-state index >= 15 is 0 Å². The van der Waals surface area contributed by atoms with Gasteiger partial charge in [0.1, 0.15) is 11.4 Å². The normalized spacial score (nSPS) is 12.0. The van der Waals surface area contributed by atoms with Gasteiger partial charge >= 0.3 is 6.18 Å². The first-order valence-electron chi connectivity index (χ1n) is 9.74. The zero-order valence-corrected chi connectivity index (χ0v) is 17.4. The number of nitrogens with zero attached hydrogens (tertiary/aromatic N) is 2. The fourth-order valence-corrected chi connectivity index (χ4v) is 2.89. The molecule has 0 saturated heterocycles. The number of benzene rings is 2. The van der Waals surface area contributed by atoms with E-state index in [0.717, 1.165) is 23.7 Å². The van der Waals surface area contributed by atoms with E-state index in [1.165, 1.54) is 0 Å². The summed E-state index contributed by atoms with van der Waals surface area (Å²) in [7, 11) is 0. The number of hydrogen-bond donors (Lipinski definition) is 2. The van der Waals surface area contributed by atoms with Crippen LogP contribution < -0.4 is 10.6 Å². The highest BCUT2D eigenvalue weighted by molar-refractivity contribution is 5.63. The predicted octanol–water partition coefficient (Wildman–Crippen LogP) is 6.84. The number of rotatable bonds is 5. The van der Waals surface area contributed by atoms with Gasteiger partial charge in [-0.15, -0.1) is 0 Å². The molecule has 0 atom stereocenters. The second-order valence-corrected chi connectivity index (χ2v) is 8.08. The van der Waals surface area contributed by atoms with Crippen LogP contribution in [0.5, 0.6) is 0 Å². The summed E-state index contributed by atoms with van der Waals surface area (Å²) in [6.07, 6.45) is -2.88. The molecule has 0 aliphatic heterocycles. The Morgan fingerprint density at radius 2 is 1.40 bits per heavy atom. The maximum Gasteiger partial charge on any atom is 0.421 e. The number of halogens is 3. The molecule has 0 saturated carbocycles. The van der Waals surface area contributed by atoms with Gasteiger partial charge < -0.3 is 10.6 Å². The Balaban J connectivity index is 1.89. The molecule has 7 heteroatoms. The van der Waals surface area contributed by atoms with Gasteiger partial charge in [0, 0.05) is 17.6 Å². The van der Waals surface area contributed by atoms with Crippen molar-refractivity contribution in [3.05, 3.63) is 71.4 Å². The largest absolute Gasteiger partial charge is 0.421 e. The molecule has 0 aliphatic rings. The standard InChI is InChI=1S/C23H25F3N4/c1-5-15-6-10-18(11-7-15)29-21-27-14-19(23(24,25)26)20(30-21)28-17-12-8-16(9-13-17)22(2,3)4/h6-14H,5H2,1-4H3,(H2,27,28,29,30). The van der Waals surface area contributed by atoms with E-state index in [1.54, 1.807) is 12.1 Å². The van der Waals surface area contributed by atoms with Crippen molar-refractivity contribution in [3.8, 4) is 0 Å². The van der Waals surface area contributed by atoms with Gasteiger partial charge in [-0.25, -0.2) is 4.98 Å². The van der Waals surface area contributed by atoms with E-state index in [9.17, 15) is 13.2 Å². The summed E-state index contributed by atoms with van der Waals surface area (Å²) < 4.78 is 40.4. The Labute approximate surface area is 174 Å². The third-order valence-corrected chi connectivity index (χ3v) is 4.73. The molecule has 4 nitrogen and oxygen atoms in total. The molecule has 30 heavy (non-hydrogen) atoms. The Hall–Kier alpha value is -3.09. The van der Waals surface area contributed by atoms with Gasteiger partial charge in [-0.2, -0.15) is 18.2 Å². The number of aryl methyl sites for hydroxylation is 1. The Kier molecular flexibility index (Phi) is 6.01. The quantitative estimate of drug-likeness (QED) is 0.480. The van der Waals surface area contributed by atoms with Crippen LogP contribution >= 0.6 is 0 Å². The first-order valence-corrected chi connectivity index (χ1v) is 9.74. The van der Waals surface area contributed by atoms with Gasteiger partial charge in [-0.05, 0) is 47.2 Å². The highest BCUT2D eigenvalue weighted by Gasteiger charge is 2.35. The number of anilines is 4. The van der Waals surface area contributed by atoms with Crippen molar-refractivity contribution in [2.45, 2.75) is 45.7 Å². The molecule has 3 rings (SSSR count). The minimum Gasteiger partial charge on any atom is -0.340 e. The SMILES string of the molecule is CCc1ccc(Nc2ncc(C(F)(F)F)c(Nc3ccc(C(C)(C)C)cc3)n2)cc1. The summed E-state index contributed by atoms with van der Waals surface area (Å²) in [6, 6.07) is 14.9. The first-order chi connectivity index (χ1) is 14.1. The molecular weight excluding hydrogens is 389 g/mol. The van der Waals surface area contributed by atoms with Crippen LogP contribution in [0.1, 0.15) is 44.4 Å². The van der Waals surface area contributed by atoms with Crippen LogP contribution in [0, 0.1) is 0 Å². The molecule has 158 valence electrons. The van der Waals surface area contributed by atoms with Gasteiger partial charge in [-0.1, -0.05) is 52.0 Å². The third kappa shape index (κ3) is 5.28. The van der Waals surface area contributed by atoms with Crippen LogP contribution in [-0.2, 0) is 18.0 Å². The number of aromatic nitrogens is 2. The fraction of sp³-hybridized carbons (Fsp3) is 0.304. The van der Waals surface area contributed by atoms with Crippen molar-refractivity contribution in [3.63, 3.8) is 0 Å². The van der Waals surface area contributed by atoms with Crippen LogP contribution in [0.25, 0.3) is 0 Å². The number of alkyl halides is 3. The molecule has 3 aromatic rings. The summed E-state index contributed by atoms with van der Waals surface area (Å²) in [5.74, 6) is -0.213. The highest BCUT2D eigenvalue weighted by atomic mass is 19.4. The van der Waals surface area contributed by atoms with Gasteiger partial charge in [-0.3, -0.25) is 0 Å². The summed E-state index contributed by atoms with van der Waals surface area (Å²) in [6.45, 7) is 8.28. The number of hydrogen-bond acceptors (Lipinski definition) is 4. The molecule has 0 spiro atoms. The zero-order valence-electron chi connectivity index (χ0n) is 17.4. The van der Waals surface area contributed by atoms with Crippen molar-refractivity contribution in [1.82, 2.24) is 9.97 Å². The molecule has 0 radical (unpaired) electrons. The van der Waals surface area contributed by atoms with Crippen molar-refractivity contribution in [2.24, 2.45) is 0 Å². The van der Waals surface area contributed by atoms with Gasteiger partial charge in [0.15, 0.2) is 0 Å². The van der Waals surface area contributed by atoms with Crippen LogP contribution in [0.15, 0.2) is 54.7 Å². The van der Waals surface area contributed by atoms with E-state index in [4.69, 9.17) is 0 Å². The lowest BCUT2D eigenvalue weighted by atomic mass is 9.87. The van der Waals surface area contributed by atoms with E-state index < -0.39 is 11.7 Å². The molecular formula is C23H25F3N4. The Bertz CT molecular complexity index is 989. The van der Waals surface area contributed by atoms with Gasteiger partial charge in [0.2, 0.25) is 5.95 Å². The summed E-state index contributed by atoms with van der Waals surface area (Å²) in [5.41, 5.74) is 2.50. The van der Waals surface area contributed by atoms with Crippen molar-refractivity contribution >= 4 is 23.1 Å². The van der Waals surface area contributed by atoms with Crippen LogP contribution in [0.4, 0.5) is 36.3 Å². The lowest BCUT2D eigenvalue weighted by Gasteiger charge is -2.20. The smallest absolute Gasteiger partial charge is 0.340 e. The van der Waals surface area contributed by atoms with E-state index in [2.05, 4.69) is 41.4 Å². The van der Waals surface area contributed by atoms with Crippen LogP contribution in [0.3, 0.4) is 0 Å². The minimum absolute atomic E-state index is 0.0466. The zero-order chi connectivity index (χ0) is 21.9. The Morgan fingerprint density at radius 3 is 1.93 bits per heavy atom. The molecule has 0 amide bonds. The van der Waals surface area contributed by atoms with Gasteiger partial charge in [0.25, 0.3) is 0 Å². The summed E-state index contributed by atoms with van der Waals surface area (Å²) in [4.78, 5) is 7.94. The molecule has 0 fully saturated rings. The van der Waals surface area contributed by atoms with Crippen LogP contribution in [-0.4, -0.2) is 9.97 Å². The topological polar surface area (TPSA) is 49.8 Å². The van der Waals surface area contributed by atoms with E-state index in [0.29, 0.717) is 11.4 Å².